The molecule has 0 aromatic heterocycles. The van der Waals surface area contributed by atoms with E-state index in [0.717, 1.165) is 13.0 Å². The van der Waals surface area contributed by atoms with Crippen LogP contribution >= 0.6 is 0 Å². The first-order valence-corrected chi connectivity index (χ1v) is 4.45. The van der Waals surface area contributed by atoms with E-state index in [4.69, 9.17) is 5.11 Å². The second-order valence-corrected chi connectivity index (χ2v) is 3.62. The van der Waals surface area contributed by atoms with E-state index in [1.807, 2.05) is 6.92 Å². The molecule has 0 fully saturated rings. The zero-order valence-electron chi connectivity index (χ0n) is 8.09. The Bertz CT molecular complexity index is 91.6. The number of rotatable bonds is 5. The third-order valence-corrected chi connectivity index (χ3v) is 2.03. The van der Waals surface area contributed by atoms with E-state index < -0.39 is 0 Å². The Morgan fingerprint density at radius 1 is 1.18 bits per heavy atom. The molecule has 0 saturated carbocycles. The molecule has 0 spiro atoms. The van der Waals surface area contributed by atoms with E-state index in [1.165, 1.54) is 0 Å². The van der Waals surface area contributed by atoms with Crippen LogP contribution in [0.5, 0.6) is 0 Å². The summed E-state index contributed by atoms with van der Waals surface area (Å²) in [5.74, 6) is 0.670. The molecule has 68 valence electrons. The molecule has 0 unspecified atom stereocenters. The predicted octanol–water partition coefficient (Wildman–Crippen LogP) is 1.39. The Hall–Kier alpha value is -0.0800. The van der Waals surface area contributed by atoms with Gasteiger partial charge in [-0.3, -0.25) is 0 Å². The van der Waals surface area contributed by atoms with Gasteiger partial charge in [-0.15, -0.1) is 0 Å². The van der Waals surface area contributed by atoms with Gasteiger partial charge >= 0.3 is 0 Å². The van der Waals surface area contributed by atoms with Crippen LogP contribution in [0.25, 0.3) is 0 Å². The Labute approximate surface area is 70.0 Å². The molecular formula is C9H21NO. The minimum absolute atomic E-state index is 0.179. The van der Waals surface area contributed by atoms with Crippen molar-refractivity contribution >= 4 is 0 Å². The van der Waals surface area contributed by atoms with E-state index in [2.05, 4.69) is 26.1 Å². The second kappa shape index (κ2) is 5.56. The summed E-state index contributed by atoms with van der Waals surface area (Å²) in [5.41, 5.74) is 0. The smallest absolute Gasteiger partial charge is 0.0524 e. The average Bonchev–Trinajstić information content (AvgIpc) is 1.86. The molecule has 0 amide bonds. The molecule has 0 heterocycles. The van der Waals surface area contributed by atoms with Crippen LogP contribution in [-0.2, 0) is 0 Å². The molecule has 0 saturated heterocycles. The van der Waals surface area contributed by atoms with Gasteiger partial charge in [-0.2, -0.15) is 0 Å². The number of hydrogen-bond acceptors (Lipinski definition) is 2. The van der Waals surface area contributed by atoms with Crippen LogP contribution in [0.4, 0.5) is 0 Å². The summed E-state index contributed by atoms with van der Waals surface area (Å²) in [5, 5.41) is 12.3. The molecule has 0 bridgehead atoms. The van der Waals surface area contributed by atoms with Gasteiger partial charge in [-0.25, -0.2) is 0 Å². The zero-order chi connectivity index (χ0) is 8.85. The van der Waals surface area contributed by atoms with Crippen LogP contribution in [0.2, 0.25) is 0 Å². The summed E-state index contributed by atoms with van der Waals surface area (Å²) < 4.78 is 0. The van der Waals surface area contributed by atoms with Crippen LogP contribution in [0.1, 0.15) is 34.1 Å². The molecular weight excluding hydrogens is 138 g/mol. The van der Waals surface area contributed by atoms with Crippen molar-refractivity contribution in [1.82, 2.24) is 5.32 Å². The van der Waals surface area contributed by atoms with Crippen LogP contribution < -0.4 is 5.32 Å². The lowest BCUT2D eigenvalue weighted by atomic mass is 10.1. The fourth-order valence-corrected chi connectivity index (χ4v) is 0.756. The number of nitrogens with one attached hydrogen (secondary N) is 1. The lowest BCUT2D eigenvalue weighted by Gasteiger charge is -2.17. The third kappa shape index (κ3) is 6.32. The highest BCUT2D eigenvalue weighted by molar-refractivity contribution is 4.64. The molecule has 0 aromatic carbocycles. The SMILES string of the molecule is CC(C)[C@@H](C)NCC[C@@H](C)O. The summed E-state index contributed by atoms with van der Waals surface area (Å²) in [6.45, 7) is 9.30. The quantitative estimate of drug-likeness (QED) is 0.635. The third-order valence-electron chi connectivity index (χ3n) is 2.03. The molecule has 11 heavy (non-hydrogen) atoms. The van der Waals surface area contributed by atoms with Gasteiger partial charge in [0.25, 0.3) is 0 Å². The number of aliphatic hydroxyl groups excluding tert-OH is 1. The maximum absolute atomic E-state index is 8.96. The van der Waals surface area contributed by atoms with Gasteiger partial charge in [0.2, 0.25) is 0 Å². The summed E-state index contributed by atoms with van der Waals surface area (Å²) in [7, 11) is 0. The minimum atomic E-state index is -0.179. The van der Waals surface area contributed by atoms with Crippen molar-refractivity contribution in [3.05, 3.63) is 0 Å². The molecule has 0 aliphatic rings. The van der Waals surface area contributed by atoms with Gasteiger partial charge in [0, 0.05) is 6.04 Å². The van der Waals surface area contributed by atoms with Gasteiger partial charge < -0.3 is 10.4 Å². The maximum atomic E-state index is 8.96. The van der Waals surface area contributed by atoms with E-state index in [9.17, 15) is 0 Å². The molecule has 0 aliphatic heterocycles. The lowest BCUT2D eigenvalue weighted by molar-refractivity contribution is 0.181. The normalized spacial score (nSPS) is 16.9. The highest BCUT2D eigenvalue weighted by Gasteiger charge is 2.05. The van der Waals surface area contributed by atoms with Crippen molar-refractivity contribution in [2.75, 3.05) is 6.54 Å². The molecule has 2 atom stereocenters. The van der Waals surface area contributed by atoms with Gasteiger partial charge in [-0.1, -0.05) is 13.8 Å². The first kappa shape index (κ1) is 10.9. The Morgan fingerprint density at radius 3 is 2.09 bits per heavy atom. The largest absolute Gasteiger partial charge is 0.393 e. The number of hydrogen-bond donors (Lipinski definition) is 2. The van der Waals surface area contributed by atoms with Crippen LogP contribution in [0.3, 0.4) is 0 Å². The van der Waals surface area contributed by atoms with Crippen molar-refractivity contribution in [2.24, 2.45) is 5.92 Å². The van der Waals surface area contributed by atoms with Gasteiger partial charge in [0.05, 0.1) is 6.10 Å². The second-order valence-electron chi connectivity index (χ2n) is 3.62. The monoisotopic (exact) mass is 159 g/mol. The van der Waals surface area contributed by atoms with Crippen molar-refractivity contribution in [3.8, 4) is 0 Å². The Balaban J connectivity index is 3.24. The highest BCUT2D eigenvalue weighted by atomic mass is 16.3. The standard InChI is InChI=1S/C9H21NO/c1-7(2)9(4)10-6-5-8(3)11/h7-11H,5-6H2,1-4H3/t8-,9-/m1/s1. The minimum Gasteiger partial charge on any atom is -0.393 e. The van der Waals surface area contributed by atoms with E-state index >= 15 is 0 Å². The molecule has 0 aromatic rings. The summed E-state index contributed by atoms with van der Waals surface area (Å²) in [4.78, 5) is 0. The first-order chi connectivity index (χ1) is 5.04. The molecule has 2 N–H and O–H groups in total. The predicted molar refractivity (Wildman–Crippen MR) is 48.6 cm³/mol. The van der Waals surface area contributed by atoms with Crippen LogP contribution in [-0.4, -0.2) is 23.8 Å². The first-order valence-electron chi connectivity index (χ1n) is 4.45. The fourth-order valence-electron chi connectivity index (χ4n) is 0.756. The maximum Gasteiger partial charge on any atom is 0.0524 e. The summed E-state index contributed by atoms with van der Waals surface area (Å²) in [6.07, 6.45) is 0.665. The molecule has 2 nitrogen and oxygen atoms in total. The van der Waals surface area contributed by atoms with Crippen molar-refractivity contribution < 1.29 is 5.11 Å². The van der Waals surface area contributed by atoms with E-state index in [1.54, 1.807) is 0 Å². The average molecular weight is 159 g/mol. The Morgan fingerprint density at radius 2 is 1.73 bits per heavy atom. The molecule has 0 aliphatic carbocycles. The number of aliphatic hydroxyl groups is 1. The van der Waals surface area contributed by atoms with Crippen molar-refractivity contribution in [2.45, 2.75) is 46.3 Å². The Kier molecular flexibility index (Phi) is 5.51. The van der Waals surface area contributed by atoms with Gasteiger partial charge in [0.15, 0.2) is 0 Å². The molecule has 2 heteroatoms. The lowest BCUT2D eigenvalue weighted by Crippen LogP contribution is -2.32. The topological polar surface area (TPSA) is 32.3 Å². The van der Waals surface area contributed by atoms with Gasteiger partial charge in [0.1, 0.15) is 0 Å². The fraction of sp³-hybridized carbons (Fsp3) is 1.00. The van der Waals surface area contributed by atoms with Crippen molar-refractivity contribution in [3.63, 3.8) is 0 Å². The molecule has 0 rings (SSSR count). The van der Waals surface area contributed by atoms with E-state index in [-0.39, 0.29) is 6.10 Å². The highest BCUT2D eigenvalue weighted by Crippen LogP contribution is 1.99. The summed E-state index contributed by atoms with van der Waals surface area (Å²) >= 11 is 0. The van der Waals surface area contributed by atoms with E-state index in [0.29, 0.717) is 12.0 Å². The summed E-state index contributed by atoms with van der Waals surface area (Å²) in [6, 6.07) is 0.550. The zero-order valence-corrected chi connectivity index (χ0v) is 8.09. The van der Waals surface area contributed by atoms with Crippen LogP contribution in [0, 0.1) is 5.92 Å². The molecule has 0 radical (unpaired) electrons. The van der Waals surface area contributed by atoms with Gasteiger partial charge in [-0.05, 0) is 32.7 Å². The van der Waals surface area contributed by atoms with Crippen LogP contribution in [0.15, 0.2) is 0 Å². The van der Waals surface area contributed by atoms with Crippen molar-refractivity contribution in [1.29, 1.82) is 0 Å².